The maximum absolute atomic E-state index is 5.01. The van der Waals surface area contributed by atoms with Crippen molar-refractivity contribution in [1.29, 1.82) is 0 Å². The lowest BCUT2D eigenvalue weighted by atomic mass is 9.96. The Morgan fingerprint density at radius 1 is 1.21 bits per heavy atom. The van der Waals surface area contributed by atoms with Crippen molar-refractivity contribution in [1.82, 2.24) is 19.8 Å². The summed E-state index contributed by atoms with van der Waals surface area (Å²) in [5, 5.41) is 3.27. The molecule has 1 saturated heterocycles. The first-order valence-electron chi connectivity index (χ1n) is 7.71. The summed E-state index contributed by atoms with van der Waals surface area (Å²) in [4.78, 5) is 7.45. The molecule has 0 atom stereocenters. The second-order valence-electron chi connectivity index (χ2n) is 6.08. The molecule has 4 heteroatoms. The van der Waals surface area contributed by atoms with Crippen LogP contribution in [0.5, 0.6) is 0 Å². The van der Waals surface area contributed by atoms with Crippen LogP contribution in [0.4, 0.5) is 0 Å². The monoisotopic (exact) mass is 262 g/mol. The molecule has 3 heterocycles. The second-order valence-corrected chi connectivity index (χ2v) is 6.08. The van der Waals surface area contributed by atoms with E-state index in [2.05, 4.69) is 21.8 Å². The molecule has 0 spiro atoms. The zero-order chi connectivity index (χ0) is 13.2. The predicted molar refractivity (Wildman–Crippen MR) is 77.4 cm³/mol. The number of imidazole rings is 1. The number of piperidine rings is 1. The molecule has 2 aliphatic rings. The number of rotatable bonds is 3. The van der Waals surface area contributed by atoms with Crippen LogP contribution in [-0.2, 0) is 19.5 Å². The molecule has 4 nitrogen and oxygen atoms in total. The fourth-order valence-electron chi connectivity index (χ4n) is 3.54. The second kappa shape index (κ2) is 5.63. The van der Waals surface area contributed by atoms with E-state index in [1.165, 1.54) is 69.0 Å². The van der Waals surface area contributed by atoms with Crippen LogP contribution in [0.15, 0.2) is 0 Å². The molecular formula is C15H26N4. The van der Waals surface area contributed by atoms with Crippen molar-refractivity contribution in [2.24, 2.45) is 0 Å². The highest BCUT2D eigenvalue weighted by Gasteiger charge is 2.27. The lowest BCUT2D eigenvalue weighted by Crippen LogP contribution is -2.30. The number of nitrogens with one attached hydrogen (secondary N) is 1. The topological polar surface area (TPSA) is 33.1 Å². The fourth-order valence-corrected chi connectivity index (χ4v) is 3.54. The van der Waals surface area contributed by atoms with Gasteiger partial charge in [-0.3, -0.25) is 0 Å². The van der Waals surface area contributed by atoms with Gasteiger partial charge in [0, 0.05) is 24.7 Å². The van der Waals surface area contributed by atoms with Gasteiger partial charge in [0.15, 0.2) is 0 Å². The molecule has 0 radical (unpaired) electrons. The molecule has 0 aliphatic carbocycles. The van der Waals surface area contributed by atoms with Crippen molar-refractivity contribution in [3.63, 3.8) is 0 Å². The Morgan fingerprint density at radius 2 is 2.00 bits per heavy atom. The molecule has 0 bridgehead atoms. The minimum Gasteiger partial charge on any atom is -0.331 e. The SMILES string of the molecule is CNCc1nc(C2CCN(C)CC2)n2c1CCCC2. The van der Waals surface area contributed by atoms with Crippen LogP contribution < -0.4 is 5.32 Å². The summed E-state index contributed by atoms with van der Waals surface area (Å²) in [6.07, 6.45) is 6.41. The Balaban J connectivity index is 1.88. The van der Waals surface area contributed by atoms with E-state index in [0.29, 0.717) is 5.92 Å². The Labute approximate surface area is 116 Å². The average Bonchev–Trinajstić information content (AvgIpc) is 2.80. The van der Waals surface area contributed by atoms with Crippen LogP contribution in [0, 0.1) is 0 Å². The third-order valence-corrected chi connectivity index (χ3v) is 4.66. The van der Waals surface area contributed by atoms with Gasteiger partial charge in [-0.1, -0.05) is 0 Å². The van der Waals surface area contributed by atoms with E-state index in [1.54, 1.807) is 0 Å². The van der Waals surface area contributed by atoms with Gasteiger partial charge in [-0.25, -0.2) is 4.98 Å². The van der Waals surface area contributed by atoms with E-state index in [9.17, 15) is 0 Å². The van der Waals surface area contributed by atoms with Crippen LogP contribution in [0.25, 0.3) is 0 Å². The number of likely N-dealkylation sites (tertiary alicyclic amines) is 1. The molecule has 2 aliphatic heterocycles. The average molecular weight is 262 g/mol. The molecule has 1 aromatic heterocycles. The molecule has 1 aromatic rings. The van der Waals surface area contributed by atoms with E-state index in [0.717, 1.165) is 6.54 Å². The lowest BCUT2D eigenvalue weighted by Gasteiger charge is -2.29. The van der Waals surface area contributed by atoms with Gasteiger partial charge in [0.2, 0.25) is 0 Å². The summed E-state index contributed by atoms with van der Waals surface area (Å²) in [5.41, 5.74) is 2.81. The molecule has 19 heavy (non-hydrogen) atoms. The highest BCUT2D eigenvalue weighted by molar-refractivity contribution is 5.21. The highest BCUT2D eigenvalue weighted by atomic mass is 15.1. The standard InChI is InChI=1S/C15H26N4/c1-16-11-13-14-5-3-4-8-19(14)15(17-13)12-6-9-18(2)10-7-12/h12,16H,3-11H2,1-2H3. The van der Waals surface area contributed by atoms with Gasteiger partial charge >= 0.3 is 0 Å². The largest absolute Gasteiger partial charge is 0.331 e. The smallest absolute Gasteiger partial charge is 0.112 e. The normalized spacial score (nSPS) is 21.6. The van der Waals surface area contributed by atoms with Crippen molar-refractivity contribution in [3.05, 3.63) is 17.2 Å². The number of nitrogens with zero attached hydrogens (tertiary/aromatic N) is 3. The van der Waals surface area contributed by atoms with Crippen molar-refractivity contribution >= 4 is 0 Å². The highest BCUT2D eigenvalue weighted by Crippen LogP contribution is 2.31. The van der Waals surface area contributed by atoms with Gasteiger partial charge in [0.25, 0.3) is 0 Å². The van der Waals surface area contributed by atoms with E-state index in [1.807, 2.05) is 7.05 Å². The lowest BCUT2D eigenvalue weighted by molar-refractivity contribution is 0.247. The van der Waals surface area contributed by atoms with Crippen LogP contribution in [0.2, 0.25) is 0 Å². The van der Waals surface area contributed by atoms with Crippen LogP contribution in [0.1, 0.15) is 48.8 Å². The van der Waals surface area contributed by atoms with Crippen molar-refractivity contribution in [2.45, 2.75) is 51.1 Å². The maximum atomic E-state index is 5.01. The molecular weight excluding hydrogens is 236 g/mol. The van der Waals surface area contributed by atoms with Gasteiger partial charge in [0.1, 0.15) is 5.82 Å². The van der Waals surface area contributed by atoms with Gasteiger partial charge in [-0.15, -0.1) is 0 Å². The minimum atomic E-state index is 0.679. The molecule has 0 unspecified atom stereocenters. The van der Waals surface area contributed by atoms with Gasteiger partial charge in [0.05, 0.1) is 5.69 Å². The first kappa shape index (κ1) is 13.1. The molecule has 0 aromatic carbocycles. The first-order valence-corrected chi connectivity index (χ1v) is 7.71. The van der Waals surface area contributed by atoms with Crippen LogP contribution in [0.3, 0.4) is 0 Å². The number of hydrogen-bond acceptors (Lipinski definition) is 3. The molecule has 106 valence electrons. The molecule has 1 N–H and O–H groups in total. The summed E-state index contributed by atoms with van der Waals surface area (Å²) < 4.78 is 2.55. The van der Waals surface area contributed by atoms with Crippen LogP contribution >= 0.6 is 0 Å². The van der Waals surface area contributed by atoms with Gasteiger partial charge < -0.3 is 14.8 Å². The number of hydrogen-bond donors (Lipinski definition) is 1. The molecule has 0 amide bonds. The zero-order valence-corrected chi connectivity index (χ0v) is 12.3. The van der Waals surface area contributed by atoms with Crippen molar-refractivity contribution in [3.8, 4) is 0 Å². The summed E-state index contributed by atoms with van der Waals surface area (Å²) in [6, 6.07) is 0. The van der Waals surface area contributed by atoms with Crippen LogP contribution in [-0.4, -0.2) is 41.6 Å². The summed E-state index contributed by atoms with van der Waals surface area (Å²) >= 11 is 0. The number of fused-ring (bicyclic) bond motifs is 1. The Hall–Kier alpha value is -0.870. The number of aromatic nitrogens is 2. The third kappa shape index (κ3) is 2.56. The maximum Gasteiger partial charge on any atom is 0.112 e. The first-order chi connectivity index (χ1) is 9.29. The van der Waals surface area contributed by atoms with E-state index in [-0.39, 0.29) is 0 Å². The summed E-state index contributed by atoms with van der Waals surface area (Å²) in [6.45, 7) is 4.54. The predicted octanol–water partition coefficient (Wildman–Crippen LogP) is 1.75. The van der Waals surface area contributed by atoms with E-state index < -0.39 is 0 Å². The fraction of sp³-hybridized carbons (Fsp3) is 0.800. The minimum absolute atomic E-state index is 0.679. The Kier molecular flexibility index (Phi) is 3.89. The quantitative estimate of drug-likeness (QED) is 0.901. The summed E-state index contributed by atoms with van der Waals surface area (Å²) in [5.74, 6) is 2.06. The third-order valence-electron chi connectivity index (χ3n) is 4.66. The zero-order valence-electron chi connectivity index (χ0n) is 12.3. The van der Waals surface area contributed by atoms with E-state index >= 15 is 0 Å². The Bertz CT molecular complexity index is 430. The van der Waals surface area contributed by atoms with Gasteiger partial charge in [-0.05, 0) is 59.3 Å². The van der Waals surface area contributed by atoms with Gasteiger partial charge in [-0.2, -0.15) is 0 Å². The summed E-state index contributed by atoms with van der Waals surface area (Å²) in [7, 11) is 4.24. The van der Waals surface area contributed by atoms with E-state index in [4.69, 9.17) is 4.98 Å². The molecule has 3 rings (SSSR count). The molecule has 1 fully saturated rings. The Morgan fingerprint density at radius 3 is 2.74 bits per heavy atom. The van der Waals surface area contributed by atoms with Crippen molar-refractivity contribution in [2.75, 3.05) is 27.2 Å². The van der Waals surface area contributed by atoms with Crippen molar-refractivity contribution < 1.29 is 0 Å². The molecule has 0 saturated carbocycles.